The van der Waals surface area contributed by atoms with Crippen molar-refractivity contribution in [2.75, 3.05) is 13.1 Å². The molecule has 18 heavy (non-hydrogen) atoms. The van der Waals surface area contributed by atoms with Crippen molar-refractivity contribution in [1.82, 2.24) is 5.32 Å². The Balaban J connectivity index is 0.00000289. The maximum Gasteiger partial charge on any atom is 0.220 e. The molecule has 3 nitrogen and oxygen atoms in total. The van der Waals surface area contributed by atoms with Gasteiger partial charge < -0.3 is 11.1 Å². The first-order valence-corrected chi connectivity index (χ1v) is 7.20. The molecule has 3 N–H and O–H groups in total. The molecule has 1 aromatic rings. The zero-order valence-corrected chi connectivity index (χ0v) is 12.3. The highest BCUT2D eigenvalue weighted by molar-refractivity contribution is 7.09. The lowest BCUT2D eigenvalue weighted by molar-refractivity contribution is -0.121. The van der Waals surface area contributed by atoms with Crippen LogP contribution in [0.5, 0.6) is 0 Å². The summed E-state index contributed by atoms with van der Waals surface area (Å²) in [5, 5.41) is 5.02. The standard InChI is InChI=1S/C13H22N2OS.ClH/c14-9-4-2-1-3-7-13(16)15-10-8-12-6-5-11-17-12;/h5-6,11H,1-4,7-10,14H2,(H,15,16);1H. The van der Waals surface area contributed by atoms with Crippen LogP contribution in [0.3, 0.4) is 0 Å². The Hall–Kier alpha value is -0.580. The molecule has 1 aromatic heterocycles. The van der Waals surface area contributed by atoms with Crippen LogP contribution in [-0.2, 0) is 11.2 Å². The molecule has 0 radical (unpaired) electrons. The van der Waals surface area contributed by atoms with E-state index in [2.05, 4.69) is 16.8 Å². The third kappa shape index (κ3) is 8.50. The van der Waals surface area contributed by atoms with Gasteiger partial charge in [0.05, 0.1) is 0 Å². The number of unbranched alkanes of at least 4 members (excludes halogenated alkanes) is 3. The lowest BCUT2D eigenvalue weighted by Crippen LogP contribution is -2.25. The van der Waals surface area contributed by atoms with E-state index in [4.69, 9.17) is 5.73 Å². The van der Waals surface area contributed by atoms with E-state index >= 15 is 0 Å². The molecule has 0 aromatic carbocycles. The molecule has 0 atom stereocenters. The summed E-state index contributed by atoms with van der Waals surface area (Å²) < 4.78 is 0. The summed E-state index contributed by atoms with van der Waals surface area (Å²) in [7, 11) is 0. The number of nitrogens with one attached hydrogen (secondary N) is 1. The molecular formula is C13H23ClN2OS. The van der Waals surface area contributed by atoms with Gasteiger partial charge >= 0.3 is 0 Å². The summed E-state index contributed by atoms with van der Waals surface area (Å²) in [6, 6.07) is 4.14. The topological polar surface area (TPSA) is 55.1 Å². The van der Waals surface area contributed by atoms with Crippen LogP contribution in [-0.4, -0.2) is 19.0 Å². The molecule has 1 amide bonds. The van der Waals surface area contributed by atoms with E-state index in [0.717, 1.165) is 45.2 Å². The normalized spacial score (nSPS) is 9.83. The van der Waals surface area contributed by atoms with Gasteiger partial charge in [0.25, 0.3) is 0 Å². The molecule has 0 aliphatic heterocycles. The lowest BCUT2D eigenvalue weighted by atomic mass is 10.1. The van der Waals surface area contributed by atoms with Crippen LogP contribution in [0.1, 0.15) is 37.0 Å². The number of hydrogen-bond donors (Lipinski definition) is 2. The van der Waals surface area contributed by atoms with Gasteiger partial charge in [-0.3, -0.25) is 4.79 Å². The van der Waals surface area contributed by atoms with Crippen LogP contribution < -0.4 is 11.1 Å². The van der Waals surface area contributed by atoms with Crippen LogP contribution in [0.2, 0.25) is 0 Å². The van der Waals surface area contributed by atoms with E-state index in [1.165, 1.54) is 4.88 Å². The summed E-state index contributed by atoms with van der Waals surface area (Å²) in [4.78, 5) is 12.8. The van der Waals surface area contributed by atoms with E-state index in [0.29, 0.717) is 6.42 Å². The first-order chi connectivity index (χ1) is 8.33. The van der Waals surface area contributed by atoms with Crippen LogP contribution >= 0.6 is 23.7 Å². The van der Waals surface area contributed by atoms with E-state index in [9.17, 15) is 4.79 Å². The molecule has 0 saturated carbocycles. The Morgan fingerprint density at radius 2 is 2.06 bits per heavy atom. The number of hydrogen-bond acceptors (Lipinski definition) is 3. The lowest BCUT2D eigenvalue weighted by Gasteiger charge is -2.04. The molecule has 0 fully saturated rings. The third-order valence-corrected chi connectivity index (χ3v) is 3.57. The van der Waals surface area contributed by atoms with E-state index in [-0.39, 0.29) is 18.3 Å². The minimum Gasteiger partial charge on any atom is -0.356 e. The smallest absolute Gasteiger partial charge is 0.220 e. The third-order valence-electron chi connectivity index (χ3n) is 2.63. The first-order valence-electron chi connectivity index (χ1n) is 6.32. The van der Waals surface area contributed by atoms with Gasteiger partial charge in [0.15, 0.2) is 0 Å². The van der Waals surface area contributed by atoms with E-state index in [1.807, 2.05) is 6.07 Å². The van der Waals surface area contributed by atoms with Crippen LogP contribution in [0, 0.1) is 0 Å². The predicted molar refractivity (Wildman–Crippen MR) is 80.4 cm³/mol. The van der Waals surface area contributed by atoms with E-state index < -0.39 is 0 Å². The largest absolute Gasteiger partial charge is 0.356 e. The molecule has 0 aliphatic carbocycles. The van der Waals surface area contributed by atoms with Gasteiger partial charge in [-0.15, -0.1) is 23.7 Å². The fourth-order valence-electron chi connectivity index (χ4n) is 1.65. The molecule has 5 heteroatoms. The summed E-state index contributed by atoms with van der Waals surface area (Å²) in [5.74, 6) is 0.175. The van der Waals surface area contributed by atoms with Crippen molar-refractivity contribution in [1.29, 1.82) is 0 Å². The predicted octanol–water partition coefficient (Wildman–Crippen LogP) is 2.74. The summed E-state index contributed by atoms with van der Waals surface area (Å²) in [6.45, 7) is 1.51. The van der Waals surface area contributed by atoms with Crippen LogP contribution in [0.4, 0.5) is 0 Å². The molecule has 104 valence electrons. The molecule has 0 spiro atoms. The van der Waals surface area contributed by atoms with Crippen LogP contribution in [0.25, 0.3) is 0 Å². The summed E-state index contributed by atoms with van der Waals surface area (Å²) in [5.41, 5.74) is 5.40. The van der Waals surface area contributed by atoms with Gasteiger partial charge in [0, 0.05) is 17.8 Å². The monoisotopic (exact) mass is 290 g/mol. The summed E-state index contributed by atoms with van der Waals surface area (Å²) >= 11 is 1.74. The highest BCUT2D eigenvalue weighted by Gasteiger charge is 2.00. The number of thiophene rings is 1. The Morgan fingerprint density at radius 1 is 1.28 bits per heavy atom. The molecule has 0 unspecified atom stereocenters. The quantitative estimate of drug-likeness (QED) is 0.687. The minimum atomic E-state index is 0. The number of halogens is 1. The molecular weight excluding hydrogens is 268 g/mol. The molecule has 0 aliphatic rings. The molecule has 0 bridgehead atoms. The SMILES string of the molecule is Cl.NCCCCCCC(=O)NCCc1cccs1. The van der Waals surface area contributed by atoms with Crippen molar-refractivity contribution in [3.05, 3.63) is 22.4 Å². The van der Waals surface area contributed by atoms with Crippen molar-refractivity contribution in [3.8, 4) is 0 Å². The molecule has 1 rings (SSSR count). The second-order valence-electron chi connectivity index (χ2n) is 4.13. The highest BCUT2D eigenvalue weighted by Crippen LogP contribution is 2.08. The Kier molecular flexibility index (Phi) is 11.1. The van der Waals surface area contributed by atoms with Gasteiger partial charge in [-0.05, 0) is 37.3 Å². The Bertz CT molecular complexity index is 304. The maximum absolute atomic E-state index is 11.5. The summed E-state index contributed by atoms with van der Waals surface area (Å²) in [6.07, 6.45) is 5.88. The van der Waals surface area contributed by atoms with Crippen molar-refractivity contribution in [2.45, 2.75) is 38.5 Å². The number of rotatable bonds is 9. The van der Waals surface area contributed by atoms with Gasteiger partial charge in [-0.25, -0.2) is 0 Å². The zero-order valence-electron chi connectivity index (χ0n) is 10.7. The zero-order chi connectivity index (χ0) is 12.3. The molecule has 0 saturated heterocycles. The van der Waals surface area contributed by atoms with E-state index in [1.54, 1.807) is 11.3 Å². The fourth-order valence-corrected chi connectivity index (χ4v) is 2.36. The first kappa shape index (κ1) is 17.4. The highest BCUT2D eigenvalue weighted by atomic mass is 35.5. The van der Waals surface area contributed by atoms with Gasteiger partial charge in [0.1, 0.15) is 0 Å². The number of amides is 1. The fraction of sp³-hybridized carbons (Fsp3) is 0.615. The van der Waals surface area contributed by atoms with Crippen molar-refractivity contribution in [2.24, 2.45) is 5.73 Å². The van der Waals surface area contributed by atoms with Gasteiger partial charge in [-0.2, -0.15) is 0 Å². The molecule has 1 heterocycles. The number of carbonyl (C=O) groups is 1. The minimum absolute atomic E-state index is 0. The average molecular weight is 291 g/mol. The average Bonchev–Trinajstić information content (AvgIpc) is 2.82. The maximum atomic E-state index is 11.5. The Labute approximate surface area is 120 Å². The Morgan fingerprint density at radius 3 is 2.72 bits per heavy atom. The van der Waals surface area contributed by atoms with Gasteiger partial charge in [-0.1, -0.05) is 18.9 Å². The van der Waals surface area contributed by atoms with Crippen molar-refractivity contribution < 1.29 is 4.79 Å². The van der Waals surface area contributed by atoms with Crippen molar-refractivity contribution in [3.63, 3.8) is 0 Å². The second-order valence-corrected chi connectivity index (χ2v) is 5.16. The number of carbonyl (C=O) groups excluding carboxylic acids is 1. The van der Waals surface area contributed by atoms with Crippen LogP contribution in [0.15, 0.2) is 17.5 Å². The number of nitrogens with two attached hydrogens (primary N) is 1. The van der Waals surface area contributed by atoms with Crippen molar-refractivity contribution >= 4 is 29.7 Å². The second kappa shape index (κ2) is 11.5. The van der Waals surface area contributed by atoms with Gasteiger partial charge in [0.2, 0.25) is 5.91 Å².